The van der Waals surface area contributed by atoms with Gasteiger partial charge in [0.1, 0.15) is 17.8 Å². The Morgan fingerprint density at radius 1 is 0.778 bits per heavy atom. The first-order valence-corrected chi connectivity index (χ1v) is 15.2. The Morgan fingerprint density at radius 2 is 1.14 bits per heavy atom. The molecule has 0 heterocycles. The molecule has 3 fully saturated rings. The average Bonchev–Trinajstić information content (AvgIpc) is 2.94. The Labute approximate surface area is 224 Å². The summed E-state index contributed by atoms with van der Waals surface area (Å²) in [7, 11) is 1.00. The molecular formula is C28H45F3O3S2. The molecule has 4 rings (SSSR count). The molecule has 208 valence electrons. The maximum absolute atomic E-state index is 13.9. The van der Waals surface area contributed by atoms with Crippen molar-refractivity contribution >= 4 is 24.1 Å². The van der Waals surface area contributed by atoms with E-state index < -0.39 is 16.6 Å². The predicted molar refractivity (Wildman–Crippen MR) is 147 cm³/mol. The van der Waals surface area contributed by atoms with Gasteiger partial charge in [-0.05, 0) is 79.9 Å². The summed E-state index contributed by atoms with van der Waals surface area (Å²) in [4.78, 5) is 0. The number of aliphatic hydroxyl groups excluding tert-OH is 1. The Hall–Kier alpha value is -0.570. The number of aliphatic hydroxyl groups is 1. The highest BCUT2D eigenvalue weighted by atomic mass is 32.2. The first-order chi connectivity index (χ1) is 17.5. The van der Waals surface area contributed by atoms with Gasteiger partial charge < -0.3 is 13.8 Å². The normalized spacial score (nSPS) is 20.1. The zero-order chi connectivity index (χ0) is 26.4. The molecule has 0 aliphatic heterocycles. The van der Waals surface area contributed by atoms with Gasteiger partial charge in [0.05, 0.1) is 18.7 Å². The van der Waals surface area contributed by atoms with E-state index in [1.54, 1.807) is 0 Å². The van der Waals surface area contributed by atoms with E-state index >= 15 is 0 Å². The van der Waals surface area contributed by atoms with Gasteiger partial charge in [-0.2, -0.15) is 8.78 Å². The highest BCUT2D eigenvalue weighted by molar-refractivity contribution is 8.13. The van der Waals surface area contributed by atoms with Gasteiger partial charge >= 0.3 is 4.59 Å². The topological polar surface area (TPSA) is 49.7 Å². The van der Waals surface area contributed by atoms with Crippen LogP contribution >= 0.6 is 24.1 Å². The van der Waals surface area contributed by atoms with E-state index in [1.807, 2.05) is 0 Å². The minimum atomic E-state index is -3.37. The third-order valence-electron chi connectivity index (χ3n) is 7.66. The highest BCUT2D eigenvalue weighted by Gasteiger charge is 2.36. The molecule has 0 atom stereocenters. The number of hydrogen-bond acceptors (Lipinski definition) is 5. The summed E-state index contributed by atoms with van der Waals surface area (Å²) in [5.74, 6) is 2.07. The minimum Gasteiger partial charge on any atom is -0.418 e. The van der Waals surface area contributed by atoms with Crippen molar-refractivity contribution in [3.8, 4) is 5.75 Å². The summed E-state index contributed by atoms with van der Waals surface area (Å²) in [5.41, 5.74) is 3.74. The number of rotatable bonds is 7. The zero-order valence-corrected chi connectivity index (χ0v) is 23.6. The van der Waals surface area contributed by atoms with Gasteiger partial charge in [-0.25, -0.2) is 0 Å². The summed E-state index contributed by atoms with van der Waals surface area (Å²) in [6.45, 7) is 1.21. The lowest BCUT2D eigenvalue weighted by molar-refractivity contribution is 0.197. The van der Waals surface area contributed by atoms with Gasteiger partial charge in [-0.1, -0.05) is 69.9 Å². The molecule has 0 unspecified atom stereocenters. The van der Waals surface area contributed by atoms with E-state index in [1.165, 1.54) is 83.1 Å². The molecule has 8 heteroatoms. The van der Waals surface area contributed by atoms with Crippen LogP contribution in [0.5, 0.6) is 5.75 Å². The number of halogens is 3. The molecule has 3 saturated carbocycles. The van der Waals surface area contributed by atoms with E-state index in [0.717, 1.165) is 43.9 Å². The second-order valence-corrected chi connectivity index (χ2v) is 11.8. The van der Waals surface area contributed by atoms with Crippen LogP contribution in [0.2, 0.25) is 0 Å². The van der Waals surface area contributed by atoms with Gasteiger partial charge in [0.2, 0.25) is 0 Å². The van der Waals surface area contributed by atoms with Crippen LogP contribution in [0.25, 0.3) is 0 Å². The Bertz CT molecular complexity index is 694. The molecule has 0 bridgehead atoms. The first kappa shape index (κ1) is 31.6. The van der Waals surface area contributed by atoms with Gasteiger partial charge in [0, 0.05) is 7.11 Å². The van der Waals surface area contributed by atoms with Crippen LogP contribution in [0.15, 0.2) is 12.1 Å². The Balaban J connectivity index is 0.000000850. The van der Waals surface area contributed by atoms with Crippen molar-refractivity contribution in [1.29, 1.82) is 0 Å². The lowest BCUT2D eigenvalue weighted by Crippen LogP contribution is -2.15. The molecule has 0 radical (unpaired) electrons. The van der Waals surface area contributed by atoms with Crippen LogP contribution < -0.4 is 4.18 Å². The molecule has 2 N–H and O–H groups in total. The van der Waals surface area contributed by atoms with Crippen molar-refractivity contribution in [2.75, 3.05) is 13.8 Å². The van der Waals surface area contributed by atoms with Gasteiger partial charge in [0.15, 0.2) is 0 Å². The SMILES string of the molecule is CCF.CO.OSC(F)(F)SOc1c(C2CCCCC2)cc(C2CCCCC2)cc1C1CCCCC1. The van der Waals surface area contributed by atoms with E-state index in [2.05, 4.69) is 12.1 Å². The predicted octanol–water partition coefficient (Wildman–Crippen LogP) is 10.2. The lowest BCUT2D eigenvalue weighted by atomic mass is 9.75. The fourth-order valence-electron chi connectivity index (χ4n) is 6.01. The number of alkyl halides is 3. The molecule has 0 aromatic heterocycles. The van der Waals surface area contributed by atoms with Gasteiger partial charge in [-0.15, -0.1) is 0 Å². The number of hydrogen-bond donors (Lipinski definition) is 2. The second-order valence-electron chi connectivity index (χ2n) is 10.0. The van der Waals surface area contributed by atoms with Crippen LogP contribution in [0.3, 0.4) is 0 Å². The first-order valence-electron chi connectivity index (χ1n) is 13.7. The van der Waals surface area contributed by atoms with Crippen molar-refractivity contribution in [3.05, 3.63) is 28.8 Å². The Kier molecular flexibility index (Phi) is 15.0. The van der Waals surface area contributed by atoms with E-state index in [9.17, 15) is 13.2 Å². The van der Waals surface area contributed by atoms with Crippen molar-refractivity contribution in [1.82, 2.24) is 0 Å². The molecule has 3 aliphatic rings. The summed E-state index contributed by atoms with van der Waals surface area (Å²) >= 11 is -0.331. The molecule has 1 aromatic carbocycles. The summed E-state index contributed by atoms with van der Waals surface area (Å²) in [6, 6.07) is 4.64. The Morgan fingerprint density at radius 3 is 1.50 bits per heavy atom. The molecule has 3 nitrogen and oxygen atoms in total. The van der Waals surface area contributed by atoms with Crippen LogP contribution in [0, 0.1) is 0 Å². The highest BCUT2D eigenvalue weighted by Crippen LogP contribution is 2.50. The van der Waals surface area contributed by atoms with Crippen molar-refractivity contribution in [3.63, 3.8) is 0 Å². The minimum absolute atomic E-state index is 0.109. The quantitative estimate of drug-likeness (QED) is 0.261. The monoisotopic (exact) mass is 550 g/mol. The summed E-state index contributed by atoms with van der Waals surface area (Å²) in [6.07, 6.45) is 18.2. The van der Waals surface area contributed by atoms with Crippen LogP contribution in [-0.4, -0.2) is 28.0 Å². The molecule has 36 heavy (non-hydrogen) atoms. The van der Waals surface area contributed by atoms with Crippen molar-refractivity contribution < 1.29 is 27.0 Å². The van der Waals surface area contributed by atoms with E-state index in [0.29, 0.717) is 23.5 Å². The third kappa shape index (κ3) is 9.63. The van der Waals surface area contributed by atoms with Crippen molar-refractivity contribution in [2.45, 2.75) is 126 Å². The van der Waals surface area contributed by atoms with E-state index in [-0.39, 0.29) is 18.7 Å². The third-order valence-corrected chi connectivity index (χ3v) is 8.75. The average molecular weight is 551 g/mol. The molecule has 0 amide bonds. The van der Waals surface area contributed by atoms with Crippen LogP contribution in [0.4, 0.5) is 13.2 Å². The molecule has 0 saturated heterocycles. The van der Waals surface area contributed by atoms with Gasteiger partial charge in [-0.3, -0.25) is 4.39 Å². The largest absolute Gasteiger partial charge is 0.418 e. The van der Waals surface area contributed by atoms with E-state index in [4.69, 9.17) is 13.8 Å². The smallest absolute Gasteiger partial charge is 0.400 e. The standard InChI is InChI=1S/C25H36F2O2S2.C2H5F.CH4O/c26-25(27,30-28)31-29-24-22(19-12-6-2-7-13-19)16-21(18-10-4-1-5-11-18)17-23(24)20-14-8-3-9-15-20;1-2-3;1-2/h16-20,28H,1-15H2;2H2,1H3;2H,1H3. The fourth-order valence-corrected chi connectivity index (χ4v) is 6.60. The summed E-state index contributed by atoms with van der Waals surface area (Å²) < 4.78 is 49.6. The summed E-state index contributed by atoms with van der Waals surface area (Å²) in [5, 5.41) is 7.00. The zero-order valence-electron chi connectivity index (χ0n) is 22.0. The lowest BCUT2D eigenvalue weighted by Gasteiger charge is -2.32. The second kappa shape index (κ2) is 17.1. The molecule has 0 spiro atoms. The van der Waals surface area contributed by atoms with Crippen LogP contribution in [0.1, 0.15) is 138 Å². The van der Waals surface area contributed by atoms with Crippen LogP contribution in [-0.2, 0) is 0 Å². The molecular weight excluding hydrogens is 505 g/mol. The van der Waals surface area contributed by atoms with Gasteiger partial charge in [0.25, 0.3) is 0 Å². The number of benzene rings is 1. The molecule has 1 aromatic rings. The maximum Gasteiger partial charge on any atom is 0.400 e. The fraction of sp³-hybridized carbons (Fsp3) is 0.786. The maximum atomic E-state index is 13.9. The molecule has 3 aliphatic carbocycles. The van der Waals surface area contributed by atoms with Crippen molar-refractivity contribution in [2.24, 2.45) is 0 Å².